The first-order valence-corrected chi connectivity index (χ1v) is 7.24. The fourth-order valence-corrected chi connectivity index (χ4v) is 2.91. The molecule has 0 saturated carbocycles. The monoisotopic (exact) mass is 324 g/mol. The number of anilines is 1. The number of nitrogens with one attached hydrogen (secondary N) is 1. The summed E-state index contributed by atoms with van der Waals surface area (Å²) in [6, 6.07) is 7.29. The van der Waals surface area contributed by atoms with Gasteiger partial charge in [0.2, 0.25) is 0 Å². The maximum absolute atomic E-state index is 12.0. The Kier molecular flexibility index (Phi) is 4.14. The highest BCUT2D eigenvalue weighted by Gasteiger charge is 2.11. The van der Waals surface area contributed by atoms with Gasteiger partial charge in [0.05, 0.1) is 5.69 Å². The molecule has 1 N–H and O–H groups in total. The second-order valence-corrected chi connectivity index (χ2v) is 5.96. The van der Waals surface area contributed by atoms with Crippen LogP contribution in [0.3, 0.4) is 0 Å². The van der Waals surface area contributed by atoms with E-state index in [-0.39, 0.29) is 5.91 Å². The summed E-state index contributed by atoms with van der Waals surface area (Å²) in [6.07, 6.45) is 0.884. The number of thiazole rings is 1. The topological polar surface area (TPSA) is 42.0 Å². The largest absolute Gasteiger partial charge is 0.298 e. The molecule has 18 heavy (non-hydrogen) atoms. The van der Waals surface area contributed by atoms with Crippen LogP contribution in [0.25, 0.3) is 0 Å². The van der Waals surface area contributed by atoms with Gasteiger partial charge in [0, 0.05) is 14.9 Å². The van der Waals surface area contributed by atoms with Gasteiger partial charge in [0.1, 0.15) is 0 Å². The summed E-state index contributed by atoms with van der Waals surface area (Å²) >= 11 is 4.86. The zero-order valence-corrected chi connectivity index (χ0v) is 12.6. The third-order valence-electron chi connectivity index (χ3n) is 2.53. The van der Waals surface area contributed by atoms with Crippen LogP contribution in [0.4, 0.5) is 5.13 Å². The van der Waals surface area contributed by atoms with Gasteiger partial charge in [-0.05, 0) is 31.5 Å². The minimum absolute atomic E-state index is 0.132. The second kappa shape index (κ2) is 5.63. The number of carbonyl (C=O) groups is 1. The number of nitrogens with zero attached hydrogens (tertiary/aromatic N) is 1. The molecule has 0 bridgehead atoms. The summed E-state index contributed by atoms with van der Waals surface area (Å²) < 4.78 is 0.889. The normalized spacial score (nSPS) is 10.4. The van der Waals surface area contributed by atoms with E-state index < -0.39 is 0 Å². The zero-order chi connectivity index (χ0) is 13.1. The number of carbonyl (C=O) groups excluding carboxylic acids is 1. The van der Waals surface area contributed by atoms with E-state index in [2.05, 4.69) is 33.2 Å². The van der Waals surface area contributed by atoms with Crippen molar-refractivity contribution in [2.24, 2.45) is 0 Å². The molecule has 0 radical (unpaired) electrons. The van der Waals surface area contributed by atoms with Gasteiger partial charge in [-0.2, -0.15) is 0 Å². The van der Waals surface area contributed by atoms with Crippen LogP contribution in [-0.4, -0.2) is 10.9 Å². The van der Waals surface area contributed by atoms with Gasteiger partial charge < -0.3 is 0 Å². The minimum Gasteiger partial charge on any atom is -0.298 e. The van der Waals surface area contributed by atoms with Crippen LogP contribution in [0.5, 0.6) is 0 Å². The summed E-state index contributed by atoms with van der Waals surface area (Å²) in [5.74, 6) is -0.132. The molecule has 0 unspecified atom stereocenters. The van der Waals surface area contributed by atoms with E-state index in [1.807, 2.05) is 19.1 Å². The molecule has 1 aromatic heterocycles. The number of amides is 1. The van der Waals surface area contributed by atoms with Crippen molar-refractivity contribution in [2.45, 2.75) is 20.3 Å². The Labute approximate surface area is 118 Å². The molecule has 2 rings (SSSR count). The highest BCUT2D eigenvalue weighted by atomic mass is 79.9. The van der Waals surface area contributed by atoms with Gasteiger partial charge in [-0.3, -0.25) is 10.1 Å². The van der Waals surface area contributed by atoms with Crippen molar-refractivity contribution in [3.63, 3.8) is 0 Å². The van der Waals surface area contributed by atoms with Crippen LogP contribution < -0.4 is 5.32 Å². The van der Waals surface area contributed by atoms with Gasteiger partial charge in [0.15, 0.2) is 5.13 Å². The molecule has 2 aromatic rings. The minimum atomic E-state index is -0.132. The third kappa shape index (κ3) is 2.97. The average molecular weight is 325 g/mol. The summed E-state index contributed by atoms with van der Waals surface area (Å²) in [5, 5.41) is 3.49. The van der Waals surface area contributed by atoms with Crippen molar-refractivity contribution >= 4 is 38.3 Å². The van der Waals surface area contributed by atoms with Gasteiger partial charge in [-0.15, -0.1) is 11.3 Å². The maximum atomic E-state index is 12.0. The first-order valence-electron chi connectivity index (χ1n) is 5.63. The highest BCUT2D eigenvalue weighted by molar-refractivity contribution is 9.10. The standard InChI is InChI=1S/C13H13BrN2OS/c1-3-11-8(2)18-13(15-11)16-12(17)9-5-4-6-10(14)7-9/h4-7H,3H2,1-2H3,(H,15,16,17). The lowest BCUT2D eigenvalue weighted by Crippen LogP contribution is -2.11. The van der Waals surface area contributed by atoms with Crippen molar-refractivity contribution < 1.29 is 4.79 Å². The molecule has 0 fully saturated rings. The number of rotatable bonds is 3. The molecule has 0 atom stereocenters. The number of aromatic nitrogens is 1. The van der Waals surface area contributed by atoms with Crippen molar-refractivity contribution in [1.29, 1.82) is 0 Å². The maximum Gasteiger partial charge on any atom is 0.257 e. The van der Waals surface area contributed by atoms with Crippen LogP contribution in [-0.2, 0) is 6.42 Å². The Morgan fingerprint density at radius 1 is 1.50 bits per heavy atom. The number of benzene rings is 1. The van der Waals surface area contributed by atoms with E-state index in [1.54, 1.807) is 12.1 Å². The van der Waals surface area contributed by atoms with Crippen molar-refractivity contribution in [2.75, 3.05) is 5.32 Å². The SMILES string of the molecule is CCc1nc(NC(=O)c2cccc(Br)c2)sc1C. The predicted octanol–water partition coefficient (Wildman–Crippen LogP) is 4.03. The Bertz CT molecular complexity index is 580. The summed E-state index contributed by atoms with van der Waals surface area (Å²) in [7, 11) is 0. The molecule has 0 aliphatic rings. The summed E-state index contributed by atoms with van der Waals surface area (Å²) in [6.45, 7) is 4.08. The molecule has 0 aliphatic carbocycles. The first-order chi connectivity index (χ1) is 8.60. The molecule has 1 aromatic carbocycles. The smallest absolute Gasteiger partial charge is 0.257 e. The number of halogens is 1. The fraction of sp³-hybridized carbons (Fsp3) is 0.231. The Morgan fingerprint density at radius 3 is 2.89 bits per heavy atom. The number of aryl methyl sites for hydroxylation is 2. The molecule has 0 spiro atoms. The molecule has 3 nitrogen and oxygen atoms in total. The molecule has 1 amide bonds. The van der Waals surface area contributed by atoms with Crippen molar-refractivity contribution in [3.8, 4) is 0 Å². The van der Waals surface area contributed by atoms with Gasteiger partial charge in [-0.25, -0.2) is 4.98 Å². The van der Waals surface area contributed by atoms with E-state index in [0.29, 0.717) is 10.7 Å². The summed E-state index contributed by atoms with van der Waals surface area (Å²) in [4.78, 5) is 17.6. The van der Waals surface area contributed by atoms with E-state index in [0.717, 1.165) is 21.5 Å². The van der Waals surface area contributed by atoms with Crippen LogP contribution in [0.2, 0.25) is 0 Å². The van der Waals surface area contributed by atoms with Crippen LogP contribution in [0.15, 0.2) is 28.7 Å². The second-order valence-electron chi connectivity index (χ2n) is 3.84. The van der Waals surface area contributed by atoms with Gasteiger partial charge in [-0.1, -0.05) is 28.9 Å². The van der Waals surface area contributed by atoms with Crippen LogP contribution in [0, 0.1) is 6.92 Å². The molecule has 1 heterocycles. The van der Waals surface area contributed by atoms with Crippen LogP contribution in [0.1, 0.15) is 27.9 Å². The van der Waals surface area contributed by atoms with Gasteiger partial charge in [0.25, 0.3) is 5.91 Å². The third-order valence-corrected chi connectivity index (χ3v) is 3.96. The lowest BCUT2D eigenvalue weighted by molar-refractivity contribution is 0.102. The Balaban J connectivity index is 2.16. The molecule has 5 heteroatoms. The van der Waals surface area contributed by atoms with E-state index in [1.165, 1.54) is 11.3 Å². The average Bonchev–Trinajstić information content (AvgIpc) is 2.69. The van der Waals surface area contributed by atoms with Crippen molar-refractivity contribution in [1.82, 2.24) is 4.98 Å². The molecule has 94 valence electrons. The fourth-order valence-electron chi connectivity index (χ4n) is 1.61. The quantitative estimate of drug-likeness (QED) is 0.926. The zero-order valence-electron chi connectivity index (χ0n) is 10.2. The van der Waals surface area contributed by atoms with E-state index in [4.69, 9.17) is 0 Å². The predicted molar refractivity (Wildman–Crippen MR) is 78.3 cm³/mol. The molecular formula is C13H13BrN2OS. The van der Waals surface area contributed by atoms with E-state index in [9.17, 15) is 4.79 Å². The molecule has 0 saturated heterocycles. The Hall–Kier alpha value is -1.20. The highest BCUT2D eigenvalue weighted by Crippen LogP contribution is 2.23. The van der Waals surface area contributed by atoms with Crippen molar-refractivity contribution in [3.05, 3.63) is 44.9 Å². The lowest BCUT2D eigenvalue weighted by Gasteiger charge is -2.01. The van der Waals surface area contributed by atoms with E-state index >= 15 is 0 Å². The lowest BCUT2D eigenvalue weighted by atomic mass is 10.2. The molecular weight excluding hydrogens is 312 g/mol. The molecule has 0 aliphatic heterocycles. The number of hydrogen-bond acceptors (Lipinski definition) is 3. The summed E-state index contributed by atoms with van der Waals surface area (Å²) in [5.41, 5.74) is 1.67. The first kappa shape index (κ1) is 13.2. The van der Waals surface area contributed by atoms with Crippen LogP contribution >= 0.6 is 27.3 Å². The number of hydrogen-bond donors (Lipinski definition) is 1. The Morgan fingerprint density at radius 2 is 2.28 bits per heavy atom. The van der Waals surface area contributed by atoms with Gasteiger partial charge >= 0.3 is 0 Å².